The van der Waals surface area contributed by atoms with Crippen LogP contribution >= 0.6 is 0 Å². The van der Waals surface area contributed by atoms with Gasteiger partial charge in [-0.2, -0.15) is 0 Å². The Labute approximate surface area is 155 Å². The summed E-state index contributed by atoms with van der Waals surface area (Å²) in [4.78, 5) is 31.1. The van der Waals surface area contributed by atoms with Crippen molar-refractivity contribution in [1.82, 2.24) is 9.88 Å². The van der Waals surface area contributed by atoms with Gasteiger partial charge in [-0.05, 0) is 52.3 Å². The minimum atomic E-state index is -0.703. The van der Waals surface area contributed by atoms with Crippen LogP contribution in [0.4, 0.5) is 0 Å². The number of hydrogen-bond donors (Lipinski definition) is 0. The number of amides is 1. The van der Waals surface area contributed by atoms with Gasteiger partial charge in [0.25, 0.3) is 5.91 Å². The number of hydrogen-bond acceptors (Lipinski definition) is 4. The van der Waals surface area contributed by atoms with E-state index in [0.717, 1.165) is 5.56 Å². The van der Waals surface area contributed by atoms with E-state index in [1.807, 2.05) is 44.2 Å². The number of esters is 1. The van der Waals surface area contributed by atoms with E-state index in [2.05, 4.69) is 4.98 Å². The Morgan fingerprint density at radius 2 is 1.65 bits per heavy atom. The molecule has 0 spiro atoms. The Bertz CT molecular complexity index is 750. The molecule has 138 valence electrons. The summed E-state index contributed by atoms with van der Waals surface area (Å²) in [5.41, 5.74) is 0.0445. The molecule has 5 heteroatoms. The third-order valence-electron chi connectivity index (χ3n) is 4.02. The van der Waals surface area contributed by atoms with Crippen molar-refractivity contribution < 1.29 is 14.3 Å². The number of pyridine rings is 1. The van der Waals surface area contributed by atoms with E-state index < -0.39 is 17.1 Å². The van der Waals surface area contributed by atoms with E-state index >= 15 is 0 Å². The molecule has 1 amide bonds. The molecule has 0 bridgehead atoms. The number of ether oxygens (including phenoxy) is 1. The van der Waals surface area contributed by atoms with Gasteiger partial charge in [0.15, 0.2) is 0 Å². The van der Waals surface area contributed by atoms with E-state index in [0.29, 0.717) is 5.56 Å². The summed E-state index contributed by atoms with van der Waals surface area (Å²) in [6.45, 7) is 9.11. The lowest BCUT2D eigenvalue weighted by Gasteiger charge is -2.39. The SMILES string of the molecule is CC(C)(C)OC(=O)CN(C(=O)c1cccnc1)C(C)(C)c1ccccc1. The highest BCUT2D eigenvalue weighted by Gasteiger charge is 2.35. The number of carbonyl (C=O) groups excluding carboxylic acids is 2. The number of nitrogens with zero attached hydrogens (tertiary/aromatic N) is 2. The van der Waals surface area contributed by atoms with E-state index in [-0.39, 0.29) is 12.5 Å². The first kappa shape index (κ1) is 19.6. The molecule has 1 heterocycles. The van der Waals surface area contributed by atoms with Crippen molar-refractivity contribution in [3.05, 3.63) is 66.0 Å². The zero-order chi connectivity index (χ0) is 19.4. The molecule has 0 aliphatic carbocycles. The number of carbonyl (C=O) groups is 2. The predicted octanol–water partition coefficient (Wildman–Crippen LogP) is 3.80. The quantitative estimate of drug-likeness (QED) is 0.766. The van der Waals surface area contributed by atoms with Crippen molar-refractivity contribution >= 4 is 11.9 Å². The summed E-state index contributed by atoms with van der Waals surface area (Å²) in [6, 6.07) is 13.0. The van der Waals surface area contributed by atoms with Crippen molar-refractivity contribution in [3.63, 3.8) is 0 Å². The average Bonchev–Trinajstić information content (AvgIpc) is 2.59. The fourth-order valence-corrected chi connectivity index (χ4v) is 2.67. The summed E-state index contributed by atoms with van der Waals surface area (Å²) < 4.78 is 5.44. The molecule has 0 saturated heterocycles. The third-order valence-corrected chi connectivity index (χ3v) is 4.02. The maximum atomic E-state index is 13.1. The topological polar surface area (TPSA) is 59.5 Å². The predicted molar refractivity (Wildman–Crippen MR) is 101 cm³/mol. The first-order valence-electron chi connectivity index (χ1n) is 8.60. The van der Waals surface area contributed by atoms with Crippen molar-refractivity contribution in [2.75, 3.05) is 6.54 Å². The summed E-state index contributed by atoms with van der Waals surface area (Å²) in [5.74, 6) is -0.712. The van der Waals surface area contributed by atoms with Gasteiger partial charge >= 0.3 is 5.97 Å². The number of aromatic nitrogens is 1. The van der Waals surface area contributed by atoms with Crippen molar-refractivity contribution in [3.8, 4) is 0 Å². The van der Waals surface area contributed by atoms with Crippen LogP contribution in [0.3, 0.4) is 0 Å². The first-order chi connectivity index (χ1) is 12.1. The maximum Gasteiger partial charge on any atom is 0.326 e. The molecule has 0 atom stereocenters. The van der Waals surface area contributed by atoms with Gasteiger partial charge in [0.2, 0.25) is 0 Å². The molecule has 0 N–H and O–H groups in total. The Balaban J connectivity index is 2.38. The van der Waals surface area contributed by atoms with Crippen LogP contribution in [0.15, 0.2) is 54.9 Å². The van der Waals surface area contributed by atoms with Crippen LogP contribution in [-0.2, 0) is 15.1 Å². The molecule has 2 aromatic rings. The Kier molecular flexibility index (Phi) is 5.80. The summed E-state index contributed by atoms with van der Waals surface area (Å²) in [5, 5.41) is 0. The van der Waals surface area contributed by atoms with Crippen molar-refractivity contribution in [2.24, 2.45) is 0 Å². The second kappa shape index (κ2) is 7.68. The molecule has 0 fully saturated rings. The van der Waals surface area contributed by atoms with Crippen molar-refractivity contribution in [2.45, 2.75) is 45.8 Å². The van der Waals surface area contributed by atoms with Crippen LogP contribution in [0.1, 0.15) is 50.5 Å². The minimum absolute atomic E-state index is 0.146. The molecule has 1 aromatic carbocycles. The van der Waals surface area contributed by atoms with Gasteiger partial charge < -0.3 is 9.64 Å². The lowest BCUT2D eigenvalue weighted by molar-refractivity contribution is -0.156. The van der Waals surface area contributed by atoms with Crippen LogP contribution in [0, 0.1) is 0 Å². The monoisotopic (exact) mass is 354 g/mol. The summed E-state index contributed by atoms with van der Waals surface area (Å²) in [7, 11) is 0. The molecule has 0 aliphatic heterocycles. The van der Waals surface area contributed by atoms with Crippen LogP contribution in [0.2, 0.25) is 0 Å². The summed E-state index contributed by atoms with van der Waals surface area (Å²) in [6.07, 6.45) is 3.11. The number of benzene rings is 1. The van der Waals surface area contributed by atoms with Gasteiger partial charge in [-0.25, -0.2) is 0 Å². The average molecular weight is 354 g/mol. The highest BCUT2D eigenvalue weighted by atomic mass is 16.6. The largest absolute Gasteiger partial charge is 0.459 e. The van der Waals surface area contributed by atoms with Crippen molar-refractivity contribution in [1.29, 1.82) is 0 Å². The fraction of sp³-hybridized carbons (Fsp3) is 0.381. The third kappa shape index (κ3) is 4.91. The summed E-state index contributed by atoms with van der Waals surface area (Å²) >= 11 is 0. The molecular formula is C21H26N2O3. The van der Waals surface area contributed by atoms with Gasteiger partial charge in [0.05, 0.1) is 11.1 Å². The molecular weight excluding hydrogens is 328 g/mol. The van der Waals surface area contributed by atoms with Crippen LogP contribution in [0.25, 0.3) is 0 Å². The van der Waals surface area contributed by atoms with Gasteiger partial charge in [0.1, 0.15) is 12.1 Å². The maximum absolute atomic E-state index is 13.1. The standard InChI is InChI=1S/C21H26N2O3/c1-20(2,3)26-18(24)15-23(19(25)16-10-9-13-22-14-16)21(4,5)17-11-7-6-8-12-17/h6-14H,15H2,1-5H3. The molecule has 0 unspecified atom stereocenters. The smallest absolute Gasteiger partial charge is 0.326 e. The zero-order valence-electron chi connectivity index (χ0n) is 16.0. The van der Waals surface area contributed by atoms with E-state index in [4.69, 9.17) is 4.74 Å². The lowest BCUT2D eigenvalue weighted by atomic mass is 9.91. The van der Waals surface area contributed by atoms with E-state index in [9.17, 15) is 9.59 Å². The van der Waals surface area contributed by atoms with Crippen LogP contribution in [0.5, 0.6) is 0 Å². The minimum Gasteiger partial charge on any atom is -0.459 e. The lowest BCUT2D eigenvalue weighted by Crippen LogP contribution is -2.49. The second-order valence-corrected chi connectivity index (χ2v) is 7.64. The highest BCUT2D eigenvalue weighted by Crippen LogP contribution is 2.29. The highest BCUT2D eigenvalue weighted by molar-refractivity contribution is 5.96. The van der Waals surface area contributed by atoms with Gasteiger partial charge in [-0.3, -0.25) is 14.6 Å². The Morgan fingerprint density at radius 1 is 1.00 bits per heavy atom. The van der Waals surface area contributed by atoms with Gasteiger partial charge in [0, 0.05) is 12.4 Å². The van der Waals surface area contributed by atoms with Crippen LogP contribution < -0.4 is 0 Å². The molecule has 0 saturated carbocycles. The van der Waals surface area contributed by atoms with Crippen LogP contribution in [-0.4, -0.2) is 33.9 Å². The molecule has 1 aromatic heterocycles. The van der Waals surface area contributed by atoms with Gasteiger partial charge in [-0.1, -0.05) is 30.3 Å². The Morgan fingerprint density at radius 3 is 2.19 bits per heavy atom. The Hall–Kier alpha value is -2.69. The molecule has 5 nitrogen and oxygen atoms in total. The zero-order valence-corrected chi connectivity index (χ0v) is 16.0. The first-order valence-corrected chi connectivity index (χ1v) is 8.60. The molecule has 0 radical (unpaired) electrons. The number of rotatable bonds is 5. The molecule has 0 aliphatic rings. The van der Waals surface area contributed by atoms with E-state index in [1.165, 1.54) is 11.1 Å². The normalized spacial score (nSPS) is 11.7. The molecule has 26 heavy (non-hydrogen) atoms. The van der Waals surface area contributed by atoms with E-state index in [1.54, 1.807) is 39.1 Å². The fourth-order valence-electron chi connectivity index (χ4n) is 2.67. The van der Waals surface area contributed by atoms with Gasteiger partial charge in [-0.15, -0.1) is 0 Å². The second-order valence-electron chi connectivity index (χ2n) is 7.64. The molecule has 2 rings (SSSR count).